The van der Waals surface area contributed by atoms with Crippen LogP contribution in [-0.2, 0) is 9.53 Å². The van der Waals surface area contributed by atoms with Crippen LogP contribution in [0.15, 0.2) is 24.3 Å². The molecule has 0 atom stereocenters. The van der Waals surface area contributed by atoms with Gasteiger partial charge in [0.1, 0.15) is 11.6 Å². The van der Waals surface area contributed by atoms with Crippen LogP contribution in [0.25, 0.3) is 5.57 Å². The van der Waals surface area contributed by atoms with Crippen molar-refractivity contribution in [2.45, 2.75) is 13.3 Å². The van der Waals surface area contributed by atoms with Gasteiger partial charge in [-0.3, -0.25) is 0 Å². The highest BCUT2D eigenvalue weighted by Crippen LogP contribution is 2.33. The Morgan fingerprint density at radius 3 is 3.18 bits per heavy atom. The molecule has 2 rings (SSSR count). The Morgan fingerprint density at radius 2 is 2.41 bits per heavy atom. The van der Waals surface area contributed by atoms with E-state index in [-0.39, 0.29) is 5.82 Å². The first-order valence-corrected chi connectivity index (χ1v) is 5.50. The number of ether oxygens (including phenoxy) is 2. The van der Waals surface area contributed by atoms with Gasteiger partial charge in [0.2, 0.25) is 0 Å². The van der Waals surface area contributed by atoms with Gasteiger partial charge in [0.15, 0.2) is 0 Å². The molecule has 0 unspecified atom stereocenters. The van der Waals surface area contributed by atoms with E-state index in [1.54, 1.807) is 13.0 Å². The minimum Gasteiger partial charge on any atom is -0.493 e. The molecule has 0 aliphatic carbocycles. The summed E-state index contributed by atoms with van der Waals surface area (Å²) < 4.78 is 23.4. The van der Waals surface area contributed by atoms with Gasteiger partial charge in [-0.05, 0) is 30.7 Å². The predicted octanol–water partition coefficient (Wildman–Crippen LogP) is 2.55. The third-order valence-electron chi connectivity index (χ3n) is 2.50. The molecule has 4 heteroatoms. The molecule has 0 spiro atoms. The zero-order valence-electron chi connectivity index (χ0n) is 9.53. The number of hydrogen-bond donors (Lipinski definition) is 0. The summed E-state index contributed by atoms with van der Waals surface area (Å²) in [5, 5.41) is 0. The Morgan fingerprint density at radius 1 is 1.59 bits per heavy atom. The smallest absolute Gasteiger partial charge is 0.331 e. The molecule has 3 nitrogen and oxygen atoms in total. The summed E-state index contributed by atoms with van der Waals surface area (Å²) >= 11 is 0. The summed E-state index contributed by atoms with van der Waals surface area (Å²) in [4.78, 5) is 11.4. The Balaban J connectivity index is 2.33. The maximum Gasteiger partial charge on any atom is 0.331 e. The van der Waals surface area contributed by atoms with Crippen molar-refractivity contribution in [1.82, 2.24) is 0 Å². The lowest BCUT2D eigenvalue weighted by Crippen LogP contribution is -2.10. The Kier molecular flexibility index (Phi) is 3.42. The van der Waals surface area contributed by atoms with E-state index >= 15 is 0 Å². The number of carbonyl (C=O) groups is 1. The normalized spacial score (nSPS) is 16.2. The fraction of sp³-hybridized carbons (Fsp3) is 0.308. The number of fused-ring (bicyclic) bond motifs is 1. The summed E-state index contributed by atoms with van der Waals surface area (Å²) in [6.45, 7) is 2.56. The SMILES string of the molecule is CCOC(=O)/C=C1/CCOc2ccc(F)cc21. The van der Waals surface area contributed by atoms with Gasteiger partial charge in [-0.1, -0.05) is 0 Å². The largest absolute Gasteiger partial charge is 0.493 e. The molecule has 90 valence electrons. The second-order valence-electron chi connectivity index (χ2n) is 3.66. The highest BCUT2D eigenvalue weighted by atomic mass is 19.1. The van der Waals surface area contributed by atoms with Gasteiger partial charge in [0.25, 0.3) is 0 Å². The number of esters is 1. The van der Waals surface area contributed by atoms with Crippen molar-refractivity contribution < 1.29 is 18.7 Å². The first-order chi connectivity index (χ1) is 8.20. The van der Waals surface area contributed by atoms with E-state index in [2.05, 4.69) is 0 Å². The summed E-state index contributed by atoms with van der Waals surface area (Å²) in [5.74, 6) is -0.142. The average molecular weight is 236 g/mol. The second-order valence-corrected chi connectivity index (χ2v) is 3.66. The monoisotopic (exact) mass is 236 g/mol. The summed E-state index contributed by atoms with van der Waals surface area (Å²) in [6.07, 6.45) is 1.99. The molecule has 1 aliphatic heterocycles. The van der Waals surface area contributed by atoms with E-state index in [0.29, 0.717) is 30.9 Å². The van der Waals surface area contributed by atoms with E-state index in [9.17, 15) is 9.18 Å². The summed E-state index contributed by atoms with van der Waals surface area (Å²) in [5.41, 5.74) is 1.38. The lowest BCUT2D eigenvalue weighted by atomic mass is 9.99. The zero-order chi connectivity index (χ0) is 12.3. The Bertz CT molecular complexity index is 466. The lowest BCUT2D eigenvalue weighted by molar-refractivity contribution is -0.137. The maximum atomic E-state index is 13.2. The molecule has 1 heterocycles. The van der Waals surface area contributed by atoms with Crippen LogP contribution < -0.4 is 4.74 Å². The molecular formula is C13H13FO3. The second kappa shape index (κ2) is 4.99. The first-order valence-electron chi connectivity index (χ1n) is 5.50. The van der Waals surface area contributed by atoms with Crippen molar-refractivity contribution in [2.75, 3.05) is 13.2 Å². The molecular weight excluding hydrogens is 223 g/mol. The van der Waals surface area contributed by atoms with Crippen molar-refractivity contribution in [1.29, 1.82) is 0 Å². The van der Waals surface area contributed by atoms with Gasteiger partial charge < -0.3 is 9.47 Å². The minimum atomic E-state index is -0.403. The fourth-order valence-corrected chi connectivity index (χ4v) is 1.76. The quantitative estimate of drug-likeness (QED) is 0.584. The van der Waals surface area contributed by atoms with Crippen molar-refractivity contribution >= 4 is 11.5 Å². The van der Waals surface area contributed by atoms with Gasteiger partial charge in [-0.25, -0.2) is 9.18 Å². The summed E-state index contributed by atoms with van der Waals surface area (Å²) in [6, 6.07) is 4.29. The molecule has 0 radical (unpaired) electrons. The van der Waals surface area contributed by atoms with Gasteiger partial charge in [0, 0.05) is 18.1 Å². The number of hydrogen-bond acceptors (Lipinski definition) is 3. The maximum absolute atomic E-state index is 13.2. The molecule has 17 heavy (non-hydrogen) atoms. The molecule has 0 N–H and O–H groups in total. The molecule has 0 aromatic heterocycles. The van der Waals surface area contributed by atoms with Crippen molar-refractivity contribution in [3.8, 4) is 5.75 Å². The van der Waals surface area contributed by atoms with E-state index in [0.717, 1.165) is 5.57 Å². The van der Waals surface area contributed by atoms with Gasteiger partial charge in [-0.2, -0.15) is 0 Å². The minimum absolute atomic E-state index is 0.328. The van der Waals surface area contributed by atoms with Crippen molar-refractivity contribution in [2.24, 2.45) is 0 Å². The van der Waals surface area contributed by atoms with Crippen LogP contribution in [0.4, 0.5) is 4.39 Å². The molecule has 1 aromatic carbocycles. The third kappa shape index (κ3) is 2.64. The lowest BCUT2D eigenvalue weighted by Gasteiger charge is -2.19. The van der Waals surface area contributed by atoms with Crippen LogP contribution in [0, 0.1) is 5.82 Å². The highest BCUT2D eigenvalue weighted by Gasteiger charge is 2.17. The van der Waals surface area contributed by atoms with Crippen molar-refractivity contribution in [3.63, 3.8) is 0 Å². The summed E-state index contributed by atoms with van der Waals surface area (Å²) in [7, 11) is 0. The standard InChI is InChI=1S/C13H13FO3/c1-2-16-13(15)7-9-5-6-17-12-4-3-10(14)8-11(9)12/h3-4,7-8H,2,5-6H2,1H3/b9-7-. The number of carbonyl (C=O) groups excluding carboxylic acids is 1. The van der Waals surface area contributed by atoms with Gasteiger partial charge >= 0.3 is 5.97 Å². The van der Waals surface area contributed by atoms with E-state index in [1.165, 1.54) is 18.2 Å². The molecule has 0 saturated heterocycles. The van der Waals surface area contributed by atoms with Gasteiger partial charge in [0.05, 0.1) is 13.2 Å². The Labute approximate surface area is 98.8 Å². The average Bonchev–Trinajstić information content (AvgIpc) is 2.30. The molecule has 0 fully saturated rings. The molecule has 0 amide bonds. The van der Waals surface area contributed by atoms with Crippen LogP contribution in [-0.4, -0.2) is 19.2 Å². The highest BCUT2D eigenvalue weighted by molar-refractivity contribution is 5.92. The van der Waals surface area contributed by atoms with Crippen LogP contribution in [0.5, 0.6) is 5.75 Å². The van der Waals surface area contributed by atoms with Crippen LogP contribution in [0.2, 0.25) is 0 Å². The first kappa shape index (κ1) is 11.6. The topological polar surface area (TPSA) is 35.5 Å². The zero-order valence-corrected chi connectivity index (χ0v) is 9.53. The molecule has 0 bridgehead atoms. The van der Waals surface area contributed by atoms with Crippen LogP contribution in [0.3, 0.4) is 0 Å². The number of benzene rings is 1. The number of rotatable bonds is 2. The van der Waals surface area contributed by atoms with E-state index in [1.807, 2.05) is 0 Å². The van der Waals surface area contributed by atoms with Crippen LogP contribution >= 0.6 is 0 Å². The van der Waals surface area contributed by atoms with E-state index < -0.39 is 5.97 Å². The molecule has 1 aromatic rings. The fourth-order valence-electron chi connectivity index (χ4n) is 1.76. The van der Waals surface area contributed by atoms with Crippen LogP contribution in [0.1, 0.15) is 18.9 Å². The van der Waals surface area contributed by atoms with Gasteiger partial charge in [-0.15, -0.1) is 0 Å². The number of halogens is 1. The Hall–Kier alpha value is -1.84. The van der Waals surface area contributed by atoms with Crippen molar-refractivity contribution in [3.05, 3.63) is 35.7 Å². The molecule has 0 saturated carbocycles. The predicted molar refractivity (Wildman–Crippen MR) is 61.1 cm³/mol. The molecule has 1 aliphatic rings. The third-order valence-corrected chi connectivity index (χ3v) is 2.50. The van der Waals surface area contributed by atoms with E-state index in [4.69, 9.17) is 9.47 Å².